The largest absolute Gasteiger partial charge is 2.00 e. The number of carboxylic acid groups (broad SMARTS) is 2. The van der Waals surface area contributed by atoms with Crippen LogP contribution in [0.3, 0.4) is 0 Å². The molecular weight excluding hydrogens is 216 g/mol. The van der Waals surface area contributed by atoms with E-state index < -0.39 is 11.9 Å². The van der Waals surface area contributed by atoms with Crippen molar-refractivity contribution in [3.8, 4) is 0 Å². The smallest absolute Gasteiger partial charge is 1.00 e. The van der Waals surface area contributed by atoms with E-state index in [9.17, 15) is 9.59 Å². The third kappa shape index (κ3) is 3.63. The van der Waals surface area contributed by atoms with E-state index in [0.717, 1.165) is 0 Å². The third-order valence-electron chi connectivity index (χ3n) is 1.39. The minimum Gasteiger partial charge on any atom is -1.00 e. The standard InChI is InChI=1S/C8H6O4.Ca.H2O.2H/c9-7(10)5-3-1-2-4-6(5)8(11)12;;;;/h1-4H,(H,9,10)(H,11,12);;1H2;;/q;+2;;2*-1. The van der Waals surface area contributed by atoms with Crippen molar-refractivity contribution in [2.24, 2.45) is 0 Å². The van der Waals surface area contributed by atoms with Crippen LogP contribution in [0.25, 0.3) is 0 Å². The van der Waals surface area contributed by atoms with Crippen LogP contribution in [0.4, 0.5) is 0 Å². The van der Waals surface area contributed by atoms with Gasteiger partial charge in [0.2, 0.25) is 0 Å². The molecule has 0 atom stereocenters. The second-order valence-corrected chi connectivity index (χ2v) is 2.16. The molecule has 0 aliphatic heterocycles. The Kier molecular flexibility index (Phi) is 7.67. The number of benzene rings is 1. The summed E-state index contributed by atoms with van der Waals surface area (Å²) in [6.45, 7) is 0. The van der Waals surface area contributed by atoms with Gasteiger partial charge < -0.3 is 18.5 Å². The van der Waals surface area contributed by atoms with E-state index in [2.05, 4.69) is 0 Å². The molecule has 0 saturated heterocycles. The van der Waals surface area contributed by atoms with Crippen LogP contribution in [0.1, 0.15) is 23.6 Å². The predicted molar refractivity (Wildman–Crippen MR) is 52.0 cm³/mol. The van der Waals surface area contributed by atoms with Crippen molar-refractivity contribution in [1.29, 1.82) is 0 Å². The number of hydrogen-bond donors (Lipinski definition) is 2. The minimum atomic E-state index is -1.23. The number of rotatable bonds is 2. The van der Waals surface area contributed by atoms with Crippen LogP contribution in [-0.4, -0.2) is 65.4 Å². The van der Waals surface area contributed by atoms with Crippen molar-refractivity contribution in [3.05, 3.63) is 35.4 Å². The summed E-state index contributed by atoms with van der Waals surface area (Å²) in [5.74, 6) is -2.46. The zero-order valence-corrected chi connectivity index (χ0v) is 9.44. The molecule has 0 aliphatic rings. The van der Waals surface area contributed by atoms with Crippen molar-refractivity contribution in [1.82, 2.24) is 0 Å². The summed E-state index contributed by atoms with van der Waals surface area (Å²) < 4.78 is 0. The fourth-order valence-electron chi connectivity index (χ4n) is 0.856. The molecule has 0 heterocycles. The molecule has 4 N–H and O–H groups in total. The second-order valence-electron chi connectivity index (χ2n) is 2.16. The first-order valence-corrected chi connectivity index (χ1v) is 3.18. The van der Waals surface area contributed by atoms with Crippen LogP contribution in [-0.2, 0) is 0 Å². The Bertz CT molecular complexity index is 312. The van der Waals surface area contributed by atoms with Gasteiger partial charge in [0.15, 0.2) is 0 Å². The van der Waals surface area contributed by atoms with Crippen LogP contribution in [0.5, 0.6) is 0 Å². The molecule has 0 aromatic heterocycles. The normalized spacial score (nSPS) is 8.00. The zero-order valence-electron chi connectivity index (χ0n) is 9.23. The Labute approximate surface area is 113 Å². The van der Waals surface area contributed by atoms with E-state index in [1.807, 2.05) is 0 Å². The summed E-state index contributed by atoms with van der Waals surface area (Å²) in [6, 6.07) is 5.48. The molecule has 1 rings (SSSR count). The molecule has 0 fully saturated rings. The van der Waals surface area contributed by atoms with Crippen LogP contribution >= 0.6 is 0 Å². The Morgan fingerprint density at radius 1 is 1.00 bits per heavy atom. The molecule has 14 heavy (non-hydrogen) atoms. The van der Waals surface area contributed by atoms with Crippen LogP contribution in [0, 0.1) is 0 Å². The Hall–Kier alpha value is -0.620. The van der Waals surface area contributed by atoms with Gasteiger partial charge >= 0.3 is 49.7 Å². The first-order valence-electron chi connectivity index (χ1n) is 3.18. The molecule has 6 heteroatoms. The predicted octanol–water partition coefficient (Wildman–Crippen LogP) is 0.102. The Balaban J connectivity index is -0.000000180. The van der Waals surface area contributed by atoms with Crippen LogP contribution in [0.2, 0.25) is 0 Å². The molecule has 1 aromatic carbocycles. The van der Waals surface area contributed by atoms with E-state index in [4.69, 9.17) is 10.2 Å². The molecule has 5 nitrogen and oxygen atoms in total. The average Bonchev–Trinajstić information content (AvgIpc) is 2.04. The number of aromatic carboxylic acids is 2. The first-order chi connectivity index (χ1) is 5.63. The van der Waals surface area contributed by atoms with Gasteiger partial charge in [-0.15, -0.1) is 0 Å². The fraction of sp³-hybridized carbons (Fsp3) is 0. The van der Waals surface area contributed by atoms with Crippen molar-refractivity contribution < 1.29 is 28.1 Å². The SMILES string of the molecule is O.O=C(O)c1ccccc1C(=O)O.[Ca+2].[H-].[H-]. The summed E-state index contributed by atoms with van der Waals surface area (Å²) in [7, 11) is 0. The molecule has 0 aliphatic carbocycles. The monoisotopic (exact) mass is 226 g/mol. The Morgan fingerprint density at radius 2 is 1.29 bits per heavy atom. The number of carbonyl (C=O) groups is 2. The number of carboxylic acids is 2. The quantitative estimate of drug-likeness (QED) is 0.697. The maximum atomic E-state index is 10.5. The van der Waals surface area contributed by atoms with Gasteiger partial charge in [-0.2, -0.15) is 0 Å². The molecule has 0 amide bonds. The summed E-state index contributed by atoms with van der Waals surface area (Å²) in [6.07, 6.45) is 0. The molecular formula is C8H10CaO5. The molecule has 0 radical (unpaired) electrons. The molecule has 0 spiro atoms. The molecule has 74 valence electrons. The van der Waals surface area contributed by atoms with Gasteiger partial charge in [-0.25, -0.2) is 9.59 Å². The summed E-state index contributed by atoms with van der Waals surface area (Å²) in [4.78, 5) is 20.9. The topological polar surface area (TPSA) is 106 Å². The van der Waals surface area contributed by atoms with Crippen molar-refractivity contribution in [2.75, 3.05) is 0 Å². The number of hydrogen-bond acceptors (Lipinski definition) is 2. The van der Waals surface area contributed by atoms with Gasteiger partial charge in [0.05, 0.1) is 11.1 Å². The maximum absolute atomic E-state index is 10.5. The van der Waals surface area contributed by atoms with Crippen LogP contribution in [0.15, 0.2) is 24.3 Å². The van der Waals surface area contributed by atoms with Crippen molar-refractivity contribution in [2.45, 2.75) is 0 Å². The molecule has 1 aromatic rings. The van der Waals surface area contributed by atoms with Crippen LogP contribution < -0.4 is 0 Å². The maximum Gasteiger partial charge on any atom is 2.00 e. The van der Waals surface area contributed by atoms with Gasteiger partial charge in [-0.3, -0.25) is 0 Å². The van der Waals surface area contributed by atoms with E-state index in [-0.39, 0.29) is 57.2 Å². The molecule has 0 bridgehead atoms. The summed E-state index contributed by atoms with van der Waals surface area (Å²) in [5, 5.41) is 17.1. The van der Waals surface area contributed by atoms with Gasteiger partial charge in [0.25, 0.3) is 0 Å². The van der Waals surface area contributed by atoms with Crippen molar-refractivity contribution >= 4 is 49.7 Å². The fourth-order valence-corrected chi connectivity index (χ4v) is 0.856. The third-order valence-corrected chi connectivity index (χ3v) is 1.39. The summed E-state index contributed by atoms with van der Waals surface area (Å²) >= 11 is 0. The first kappa shape index (κ1) is 15.8. The van der Waals surface area contributed by atoms with Crippen molar-refractivity contribution in [3.63, 3.8) is 0 Å². The second kappa shape index (κ2) is 6.78. The van der Waals surface area contributed by atoms with Gasteiger partial charge in [0.1, 0.15) is 0 Å². The van der Waals surface area contributed by atoms with E-state index >= 15 is 0 Å². The minimum absolute atomic E-state index is 0. The van der Waals surface area contributed by atoms with Gasteiger partial charge in [-0.05, 0) is 12.1 Å². The Morgan fingerprint density at radius 3 is 1.50 bits per heavy atom. The molecule has 0 saturated carbocycles. The zero-order chi connectivity index (χ0) is 9.14. The van der Waals surface area contributed by atoms with E-state index in [1.165, 1.54) is 24.3 Å². The van der Waals surface area contributed by atoms with E-state index in [0.29, 0.717) is 0 Å². The molecule has 0 unspecified atom stereocenters. The average molecular weight is 226 g/mol. The van der Waals surface area contributed by atoms with E-state index in [1.54, 1.807) is 0 Å². The summed E-state index contributed by atoms with van der Waals surface area (Å²) in [5.41, 5.74) is -0.380. The van der Waals surface area contributed by atoms with Gasteiger partial charge in [-0.1, -0.05) is 12.1 Å². The van der Waals surface area contributed by atoms with Gasteiger partial charge in [0, 0.05) is 0 Å².